The van der Waals surface area contributed by atoms with Crippen molar-refractivity contribution < 1.29 is 4.74 Å². The van der Waals surface area contributed by atoms with Gasteiger partial charge >= 0.3 is 0 Å². The van der Waals surface area contributed by atoms with Gasteiger partial charge in [-0.2, -0.15) is 0 Å². The van der Waals surface area contributed by atoms with Crippen LogP contribution >= 0.6 is 11.5 Å². The molecule has 2 aromatic rings. The largest absolute Gasteiger partial charge is 0.493 e. The van der Waals surface area contributed by atoms with E-state index in [0.717, 1.165) is 48.6 Å². The van der Waals surface area contributed by atoms with E-state index in [2.05, 4.69) is 28.6 Å². The molecule has 0 amide bonds. The van der Waals surface area contributed by atoms with Crippen molar-refractivity contribution in [1.82, 2.24) is 9.59 Å². The van der Waals surface area contributed by atoms with E-state index in [1.165, 1.54) is 17.1 Å². The van der Waals surface area contributed by atoms with Crippen molar-refractivity contribution in [3.05, 3.63) is 40.4 Å². The van der Waals surface area contributed by atoms with E-state index >= 15 is 0 Å². The van der Waals surface area contributed by atoms with Gasteiger partial charge in [0.05, 0.1) is 17.2 Å². The van der Waals surface area contributed by atoms with E-state index in [9.17, 15) is 0 Å². The molecule has 2 heterocycles. The fraction of sp³-hybridized carbons (Fsp3) is 0.500. The molecule has 5 heteroatoms. The lowest BCUT2D eigenvalue weighted by Crippen LogP contribution is -2.20. The van der Waals surface area contributed by atoms with Crippen LogP contribution in [0.2, 0.25) is 0 Å². The molecule has 21 heavy (non-hydrogen) atoms. The van der Waals surface area contributed by atoms with E-state index in [1.54, 1.807) is 0 Å². The minimum atomic E-state index is 0.0164. The highest BCUT2D eigenvalue weighted by Crippen LogP contribution is 2.39. The second kappa shape index (κ2) is 6.54. The molecule has 2 atom stereocenters. The number of hydrogen-bond donors (Lipinski definition) is 1. The molecule has 1 aromatic carbocycles. The summed E-state index contributed by atoms with van der Waals surface area (Å²) in [5.41, 5.74) is 8.81. The number of para-hydroxylation sites is 1. The number of aryl methyl sites for hydroxylation is 1. The first kappa shape index (κ1) is 14.5. The van der Waals surface area contributed by atoms with Gasteiger partial charge in [-0.25, -0.2) is 0 Å². The maximum absolute atomic E-state index is 6.45. The summed E-state index contributed by atoms with van der Waals surface area (Å²) >= 11 is 1.45. The topological polar surface area (TPSA) is 61.0 Å². The van der Waals surface area contributed by atoms with Crippen molar-refractivity contribution in [3.8, 4) is 5.75 Å². The molecule has 2 unspecified atom stereocenters. The zero-order valence-corrected chi connectivity index (χ0v) is 13.1. The zero-order chi connectivity index (χ0) is 14.7. The maximum atomic E-state index is 6.45. The molecule has 3 rings (SSSR count). The Bertz CT molecular complexity index is 599. The summed E-state index contributed by atoms with van der Waals surface area (Å²) in [5, 5.41) is 4.23. The summed E-state index contributed by atoms with van der Waals surface area (Å²) < 4.78 is 9.81. The third-order valence-corrected chi connectivity index (χ3v) is 4.93. The van der Waals surface area contributed by atoms with Crippen molar-refractivity contribution in [3.63, 3.8) is 0 Å². The van der Waals surface area contributed by atoms with Gasteiger partial charge in [0, 0.05) is 6.04 Å². The summed E-state index contributed by atoms with van der Waals surface area (Å²) in [5.74, 6) is 1.47. The van der Waals surface area contributed by atoms with Crippen molar-refractivity contribution in [2.24, 2.45) is 5.73 Å². The first-order valence-electron chi connectivity index (χ1n) is 7.58. The molecule has 0 saturated heterocycles. The predicted octanol–water partition coefficient (Wildman–Crippen LogP) is 3.45. The molecule has 4 nitrogen and oxygen atoms in total. The molecule has 1 aromatic heterocycles. The fourth-order valence-corrected chi connectivity index (χ4v) is 3.69. The van der Waals surface area contributed by atoms with Crippen LogP contribution in [0.25, 0.3) is 0 Å². The third-order valence-electron chi connectivity index (χ3n) is 4.03. The lowest BCUT2D eigenvalue weighted by atomic mass is 9.87. The number of hydrogen-bond acceptors (Lipinski definition) is 5. The Balaban J connectivity index is 1.76. The Kier molecular flexibility index (Phi) is 4.51. The van der Waals surface area contributed by atoms with Gasteiger partial charge in [0.25, 0.3) is 0 Å². The lowest BCUT2D eigenvalue weighted by molar-refractivity contribution is 0.259. The van der Waals surface area contributed by atoms with Gasteiger partial charge in [0.15, 0.2) is 0 Å². The Morgan fingerprint density at radius 2 is 2.29 bits per heavy atom. The molecule has 2 N–H and O–H groups in total. The first-order valence-corrected chi connectivity index (χ1v) is 8.35. The lowest BCUT2D eigenvalue weighted by Gasteiger charge is -2.27. The van der Waals surface area contributed by atoms with Crippen LogP contribution < -0.4 is 10.5 Å². The van der Waals surface area contributed by atoms with Gasteiger partial charge in [-0.05, 0) is 48.3 Å². The fourth-order valence-electron chi connectivity index (χ4n) is 2.98. The molecule has 112 valence electrons. The van der Waals surface area contributed by atoms with Crippen LogP contribution in [-0.4, -0.2) is 16.2 Å². The van der Waals surface area contributed by atoms with Gasteiger partial charge in [0.2, 0.25) is 0 Å². The molecule has 0 saturated carbocycles. The minimum absolute atomic E-state index is 0.0164. The molecule has 0 bridgehead atoms. The Hall–Kier alpha value is -1.46. The van der Waals surface area contributed by atoms with Crippen LogP contribution in [0.1, 0.15) is 54.3 Å². The van der Waals surface area contributed by atoms with E-state index in [-0.39, 0.29) is 6.04 Å². The second-order valence-electron chi connectivity index (χ2n) is 5.55. The first-order chi connectivity index (χ1) is 10.3. The average Bonchev–Trinajstić information content (AvgIpc) is 2.96. The Morgan fingerprint density at radius 3 is 3.14 bits per heavy atom. The highest BCUT2D eigenvalue weighted by atomic mass is 32.1. The van der Waals surface area contributed by atoms with E-state index < -0.39 is 0 Å². The number of rotatable bonds is 5. The number of ether oxygens (including phenoxy) is 1. The molecule has 0 spiro atoms. The van der Waals surface area contributed by atoms with E-state index in [0.29, 0.717) is 5.92 Å². The summed E-state index contributed by atoms with van der Waals surface area (Å²) in [7, 11) is 0. The highest BCUT2D eigenvalue weighted by molar-refractivity contribution is 7.05. The molecule has 1 aliphatic heterocycles. The van der Waals surface area contributed by atoms with Gasteiger partial charge in [-0.1, -0.05) is 36.0 Å². The number of benzene rings is 1. The minimum Gasteiger partial charge on any atom is -0.493 e. The monoisotopic (exact) mass is 303 g/mol. The van der Waals surface area contributed by atoms with Crippen LogP contribution in [-0.2, 0) is 6.42 Å². The van der Waals surface area contributed by atoms with Crippen molar-refractivity contribution in [2.75, 3.05) is 6.61 Å². The average molecular weight is 303 g/mol. The van der Waals surface area contributed by atoms with Crippen LogP contribution in [0.15, 0.2) is 24.3 Å². The van der Waals surface area contributed by atoms with Crippen molar-refractivity contribution in [1.29, 1.82) is 0 Å². The predicted molar refractivity (Wildman–Crippen MR) is 84.7 cm³/mol. The van der Waals surface area contributed by atoms with Crippen molar-refractivity contribution in [2.45, 2.75) is 44.6 Å². The zero-order valence-electron chi connectivity index (χ0n) is 12.3. The summed E-state index contributed by atoms with van der Waals surface area (Å²) in [4.78, 5) is 1.15. The van der Waals surface area contributed by atoms with E-state index in [1.807, 2.05) is 12.1 Å². The Morgan fingerprint density at radius 1 is 1.43 bits per heavy atom. The van der Waals surface area contributed by atoms with Crippen LogP contribution in [0.4, 0.5) is 0 Å². The molecular formula is C16H21N3OS. The van der Waals surface area contributed by atoms with Gasteiger partial charge in [0.1, 0.15) is 5.75 Å². The second-order valence-corrected chi connectivity index (χ2v) is 6.33. The third kappa shape index (κ3) is 3.09. The quantitative estimate of drug-likeness (QED) is 0.919. The van der Waals surface area contributed by atoms with Crippen molar-refractivity contribution >= 4 is 11.5 Å². The normalized spacial score (nSPS) is 18.9. The van der Waals surface area contributed by atoms with Crippen LogP contribution in [0, 0.1) is 0 Å². The number of aromatic nitrogens is 2. The summed E-state index contributed by atoms with van der Waals surface area (Å²) in [6, 6.07) is 8.31. The Labute approximate surface area is 129 Å². The van der Waals surface area contributed by atoms with Gasteiger partial charge in [-0.15, -0.1) is 5.10 Å². The molecule has 1 aliphatic rings. The number of fused-ring (bicyclic) bond motifs is 1. The standard InChI is InChI=1S/C16H21N3OS/c1-2-5-14-16(21-19-18-14)13(17)10-11-8-9-20-15-7-4-3-6-12(11)15/h3-4,6-7,11,13H,2,5,8-10,17H2,1H3. The molecular weight excluding hydrogens is 282 g/mol. The van der Waals surface area contributed by atoms with Crippen LogP contribution in [0.3, 0.4) is 0 Å². The highest BCUT2D eigenvalue weighted by Gasteiger charge is 2.25. The molecule has 0 radical (unpaired) electrons. The smallest absolute Gasteiger partial charge is 0.122 e. The van der Waals surface area contributed by atoms with Gasteiger partial charge in [-0.3, -0.25) is 0 Å². The van der Waals surface area contributed by atoms with Crippen LogP contribution in [0.5, 0.6) is 5.75 Å². The number of nitrogens with two attached hydrogens (primary N) is 1. The summed E-state index contributed by atoms with van der Waals surface area (Å²) in [6.45, 7) is 2.93. The molecule has 0 fully saturated rings. The molecule has 0 aliphatic carbocycles. The van der Waals surface area contributed by atoms with Gasteiger partial charge < -0.3 is 10.5 Å². The SMILES string of the molecule is CCCc1nnsc1C(N)CC1CCOc2ccccc21. The maximum Gasteiger partial charge on any atom is 0.122 e. The number of nitrogens with zero attached hydrogens (tertiary/aromatic N) is 2. The van der Waals surface area contributed by atoms with E-state index in [4.69, 9.17) is 10.5 Å². The summed E-state index contributed by atoms with van der Waals surface area (Å²) in [6.07, 6.45) is 4.00.